The van der Waals surface area contributed by atoms with Crippen LogP contribution in [-0.4, -0.2) is 38.3 Å². The fourth-order valence-electron chi connectivity index (χ4n) is 2.51. The minimum absolute atomic E-state index is 0.0248. The molecule has 0 saturated carbocycles. The highest BCUT2D eigenvalue weighted by Gasteiger charge is 2.33. The maximum atomic E-state index is 12.5. The van der Waals surface area contributed by atoms with Crippen molar-refractivity contribution in [2.24, 2.45) is 5.92 Å². The van der Waals surface area contributed by atoms with E-state index in [9.17, 15) is 4.79 Å². The molecular weight excluding hydrogens is 268 g/mol. The first kappa shape index (κ1) is 15.8. The lowest BCUT2D eigenvalue weighted by Crippen LogP contribution is -2.41. The fourth-order valence-corrected chi connectivity index (χ4v) is 2.51. The Morgan fingerprint density at radius 2 is 2.19 bits per heavy atom. The highest BCUT2D eigenvalue weighted by molar-refractivity contribution is 5.94. The highest BCUT2D eigenvalue weighted by atomic mass is 16.5. The Labute approximate surface area is 126 Å². The number of carbonyl (C=O) groups is 1. The van der Waals surface area contributed by atoms with Gasteiger partial charge in [0, 0.05) is 6.04 Å². The Morgan fingerprint density at radius 1 is 1.38 bits per heavy atom. The van der Waals surface area contributed by atoms with Gasteiger partial charge in [0.05, 0.1) is 31.4 Å². The van der Waals surface area contributed by atoms with Crippen molar-refractivity contribution in [1.29, 1.82) is 0 Å². The van der Waals surface area contributed by atoms with Crippen LogP contribution < -0.4 is 15.4 Å². The minimum atomic E-state index is -0.166. The average molecular weight is 292 g/mol. The van der Waals surface area contributed by atoms with Crippen LogP contribution in [0.3, 0.4) is 0 Å². The third kappa shape index (κ3) is 3.95. The molecule has 1 amide bonds. The van der Waals surface area contributed by atoms with Crippen LogP contribution in [0, 0.1) is 12.8 Å². The number of carbonyl (C=O) groups excluding carboxylic acids is 1. The Bertz CT molecular complexity index is 490. The van der Waals surface area contributed by atoms with Gasteiger partial charge < -0.3 is 20.1 Å². The van der Waals surface area contributed by atoms with Gasteiger partial charge in [0.1, 0.15) is 5.75 Å². The smallest absolute Gasteiger partial charge is 0.231 e. The van der Waals surface area contributed by atoms with Crippen molar-refractivity contribution >= 4 is 11.6 Å². The fraction of sp³-hybridized carbons (Fsp3) is 0.562. The van der Waals surface area contributed by atoms with E-state index in [1.807, 2.05) is 39.0 Å². The number of hydrogen-bond donors (Lipinski definition) is 2. The molecule has 0 bridgehead atoms. The van der Waals surface area contributed by atoms with Crippen molar-refractivity contribution in [2.75, 3.05) is 31.7 Å². The van der Waals surface area contributed by atoms with Crippen LogP contribution in [0.1, 0.15) is 19.4 Å². The summed E-state index contributed by atoms with van der Waals surface area (Å²) < 4.78 is 11.0. The summed E-state index contributed by atoms with van der Waals surface area (Å²) in [6.07, 6.45) is 0. The summed E-state index contributed by atoms with van der Waals surface area (Å²) in [7, 11) is 0. The van der Waals surface area contributed by atoms with Gasteiger partial charge in [-0.25, -0.2) is 0 Å². The molecule has 5 heteroatoms. The van der Waals surface area contributed by atoms with Gasteiger partial charge in [-0.2, -0.15) is 0 Å². The van der Waals surface area contributed by atoms with Crippen LogP contribution in [0.25, 0.3) is 0 Å². The molecule has 5 nitrogen and oxygen atoms in total. The summed E-state index contributed by atoms with van der Waals surface area (Å²) in [5.41, 5.74) is 1.82. The van der Waals surface area contributed by atoms with Gasteiger partial charge in [-0.15, -0.1) is 0 Å². The topological polar surface area (TPSA) is 59.6 Å². The maximum absolute atomic E-state index is 12.5. The van der Waals surface area contributed by atoms with E-state index in [-0.39, 0.29) is 17.9 Å². The van der Waals surface area contributed by atoms with Crippen molar-refractivity contribution in [3.63, 3.8) is 0 Å². The Balaban J connectivity index is 2.08. The van der Waals surface area contributed by atoms with Gasteiger partial charge in [-0.3, -0.25) is 4.79 Å². The summed E-state index contributed by atoms with van der Waals surface area (Å²) in [6, 6.07) is 5.86. The molecule has 116 valence electrons. The van der Waals surface area contributed by atoms with Crippen molar-refractivity contribution in [3.8, 4) is 5.75 Å². The zero-order chi connectivity index (χ0) is 15.2. The third-order valence-electron chi connectivity index (χ3n) is 3.58. The lowest BCUT2D eigenvalue weighted by atomic mass is 10.0. The summed E-state index contributed by atoms with van der Waals surface area (Å²) in [5.74, 6) is 0.522. The number of amides is 1. The molecule has 1 aromatic rings. The predicted molar refractivity (Wildman–Crippen MR) is 82.8 cm³/mol. The second-order valence-electron chi connectivity index (χ2n) is 5.23. The first-order valence-corrected chi connectivity index (χ1v) is 7.51. The van der Waals surface area contributed by atoms with Gasteiger partial charge >= 0.3 is 0 Å². The molecule has 0 radical (unpaired) electrons. The molecule has 2 rings (SSSR count). The van der Waals surface area contributed by atoms with Crippen molar-refractivity contribution in [3.05, 3.63) is 23.8 Å². The van der Waals surface area contributed by atoms with E-state index in [1.165, 1.54) is 0 Å². The van der Waals surface area contributed by atoms with Crippen LogP contribution in [0.15, 0.2) is 18.2 Å². The molecule has 1 aliphatic rings. The van der Waals surface area contributed by atoms with Gasteiger partial charge in [-0.05, 0) is 38.1 Å². The molecule has 0 aliphatic carbocycles. The molecular formula is C16H24N2O3. The number of rotatable bonds is 6. The standard InChI is InChI=1S/C16H24N2O3/c1-4-17-14-10-20-9-12(14)16(19)18-13-7-6-11(3)8-15(13)21-5-2/h6-8,12,14,17H,4-5,9-10H2,1-3H3,(H,18,19). The molecule has 1 heterocycles. The molecule has 2 N–H and O–H groups in total. The van der Waals surface area contributed by atoms with Crippen molar-refractivity contribution in [1.82, 2.24) is 5.32 Å². The van der Waals surface area contributed by atoms with Crippen LogP contribution >= 0.6 is 0 Å². The molecule has 1 saturated heterocycles. The normalized spacial score (nSPS) is 21.3. The van der Waals surface area contributed by atoms with Crippen LogP contribution in [0.2, 0.25) is 0 Å². The van der Waals surface area contributed by atoms with Gasteiger partial charge in [0.25, 0.3) is 0 Å². The number of ether oxygens (including phenoxy) is 2. The van der Waals surface area contributed by atoms with E-state index < -0.39 is 0 Å². The van der Waals surface area contributed by atoms with Crippen molar-refractivity contribution in [2.45, 2.75) is 26.8 Å². The quantitative estimate of drug-likeness (QED) is 0.841. The average Bonchev–Trinajstić information content (AvgIpc) is 2.91. The zero-order valence-electron chi connectivity index (χ0n) is 12.9. The molecule has 2 atom stereocenters. The molecule has 2 unspecified atom stereocenters. The number of nitrogens with one attached hydrogen (secondary N) is 2. The Hall–Kier alpha value is -1.59. The van der Waals surface area contributed by atoms with Crippen LogP contribution in [0.4, 0.5) is 5.69 Å². The van der Waals surface area contributed by atoms with E-state index in [1.54, 1.807) is 0 Å². The van der Waals surface area contributed by atoms with Gasteiger partial charge in [0.2, 0.25) is 5.91 Å². The molecule has 0 aromatic heterocycles. The lowest BCUT2D eigenvalue weighted by molar-refractivity contribution is -0.120. The summed E-state index contributed by atoms with van der Waals surface area (Å²) in [6.45, 7) is 8.39. The summed E-state index contributed by atoms with van der Waals surface area (Å²) in [4.78, 5) is 12.5. The predicted octanol–water partition coefficient (Wildman–Crippen LogP) is 1.96. The van der Waals surface area contributed by atoms with Gasteiger partial charge in [0.15, 0.2) is 0 Å². The minimum Gasteiger partial charge on any atom is -0.492 e. The van der Waals surface area contributed by atoms with Crippen LogP contribution in [0.5, 0.6) is 5.75 Å². The largest absolute Gasteiger partial charge is 0.492 e. The number of hydrogen-bond acceptors (Lipinski definition) is 4. The SMILES string of the molecule is CCNC1COCC1C(=O)Nc1ccc(C)cc1OCC. The van der Waals surface area contributed by atoms with E-state index >= 15 is 0 Å². The molecule has 21 heavy (non-hydrogen) atoms. The van der Waals surface area contributed by atoms with E-state index in [4.69, 9.17) is 9.47 Å². The summed E-state index contributed by atoms with van der Waals surface area (Å²) in [5, 5.41) is 6.26. The number of aryl methyl sites for hydroxylation is 1. The second-order valence-corrected chi connectivity index (χ2v) is 5.23. The molecule has 1 fully saturated rings. The third-order valence-corrected chi connectivity index (χ3v) is 3.58. The molecule has 0 spiro atoms. The first-order valence-electron chi connectivity index (χ1n) is 7.51. The number of benzene rings is 1. The molecule has 1 aliphatic heterocycles. The van der Waals surface area contributed by atoms with E-state index in [0.29, 0.717) is 25.6 Å². The summed E-state index contributed by atoms with van der Waals surface area (Å²) >= 11 is 0. The Morgan fingerprint density at radius 3 is 2.90 bits per heavy atom. The maximum Gasteiger partial charge on any atom is 0.231 e. The number of anilines is 1. The van der Waals surface area contributed by atoms with E-state index in [2.05, 4.69) is 10.6 Å². The zero-order valence-corrected chi connectivity index (χ0v) is 12.9. The van der Waals surface area contributed by atoms with E-state index in [0.717, 1.165) is 17.8 Å². The molecule has 1 aromatic carbocycles. The number of likely N-dealkylation sites (N-methyl/N-ethyl adjacent to an activating group) is 1. The van der Waals surface area contributed by atoms with Gasteiger partial charge in [-0.1, -0.05) is 13.0 Å². The second kappa shape index (κ2) is 7.43. The van der Waals surface area contributed by atoms with Crippen molar-refractivity contribution < 1.29 is 14.3 Å². The van der Waals surface area contributed by atoms with Crippen LogP contribution in [-0.2, 0) is 9.53 Å². The highest BCUT2D eigenvalue weighted by Crippen LogP contribution is 2.27. The Kier molecular flexibility index (Phi) is 5.59. The first-order chi connectivity index (χ1) is 10.2. The monoisotopic (exact) mass is 292 g/mol. The lowest BCUT2D eigenvalue weighted by Gasteiger charge is -2.19.